The Bertz CT molecular complexity index is 792. The number of benzene rings is 2. The van der Waals surface area contributed by atoms with E-state index in [2.05, 4.69) is 36.9 Å². The van der Waals surface area contributed by atoms with Crippen LogP contribution in [0.2, 0.25) is 0 Å². The smallest absolute Gasteiger partial charge is 0.246 e. The molecule has 5 heteroatoms. The molecule has 148 valence electrons. The average Bonchev–Trinajstić information content (AvgIpc) is 2.68. The third-order valence-corrected chi connectivity index (χ3v) is 4.50. The molecule has 28 heavy (non-hydrogen) atoms. The molecule has 0 fully saturated rings. The SMILES string of the molecule is CCOc1ccc(N(CCC#N)C(=O)CN(c2ccc(C)cc2)C(C)C)cc1. The van der Waals surface area contributed by atoms with Gasteiger partial charge in [0, 0.05) is 24.0 Å². The molecule has 0 aliphatic heterocycles. The third kappa shape index (κ3) is 5.75. The lowest BCUT2D eigenvalue weighted by atomic mass is 10.2. The monoisotopic (exact) mass is 379 g/mol. The highest BCUT2D eigenvalue weighted by molar-refractivity contribution is 5.96. The zero-order valence-corrected chi connectivity index (χ0v) is 17.2. The van der Waals surface area contributed by atoms with Crippen LogP contribution in [-0.4, -0.2) is 31.6 Å². The number of hydrogen-bond acceptors (Lipinski definition) is 4. The second kappa shape index (κ2) is 10.4. The summed E-state index contributed by atoms with van der Waals surface area (Å²) in [6.07, 6.45) is 0.283. The molecule has 0 heterocycles. The number of nitrogens with zero attached hydrogens (tertiary/aromatic N) is 3. The molecule has 1 amide bonds. The minimum atomic E-state index is -0.0336. The second-order valence-corrected chi connectivity index (χ2v) is 6.94. The van der Waals surface area contributed by atoms with Gasteiger partial charge >= 0.3 is 0 Å². The molecule has 0 aliphatic carbocycles. The summed E-state index contributed by atoms with van der Waals surface area (Å²) in [5, 5.41) is 9.01. The highest BCUT2D eigenvalue weighted by Crippen LogP contribution is 2.22. The van der Waals surface area contributed by atoms with Gasteiger partial charge < -0.3 is 14.5 Å². The van der Waals surface area contributed by atoms with Crippen molar-refractivity contribution in [2.75, 3.05) is 29.5 Å². The number of nitriles is 1. The van der Waals surface area contributed by atoms with Crippen LogP contribution in [0.25, 0.3) is 0 Å². The van der Waals surface area contributed by atoms with Crippen LogP contribution in [-0.2, 0) is 4.79 Å². The van der Waals surface area contributed by atoms with E-state index in [4.69, 9.17) is 10.00 Å². The Balaban J connectivity index is 2.22. The molecule has 2 aromatic carbocycles. The summed E-state index contributed by atoms with van der Waals surface area (Å²) in [5.74, 6) is 0.732. The van der Waals surface area contributed by atoms with E-state index in [9.17, 15) is 4.79 Å². The van der Waals surface area contributed by atoms with Crippen molar-refractivity contribution in [3.8, 4) is 11.8 Å². The van der Waals surface area contributed by atoms with Crippen LogP contribution in [0.5, 0.6) is 5.75 Å². The molecule has 0 bridgehead atoms. The number of anilines is 2. The highest BCUT2D eigenvalue weighted by atomic mass is 16.5. The number of carbonyl (C=O) groups excluding carboxylic acids is 1. The van der Waals surface area contributed by atoms with Gasteiger partial charge in [-0.2, -0.15) is 5.26 Å². The average molecular weight is 380 g/mol. The Morgan fingerprint density at radius 2 is 1.68 bits per heavy atom. The zero-order valence-electron chi connectivity index (χ0n) is 17.2. The van der Waals surface area contributed by atoms with Gasteiger partial charge in [-0.3, -0.25) is 4.79 Å². The number of rotatable bonds is 9. The van der Waals surface area contributed by atoms with Crippen molar-refractivity contribution in [1.82, 2.24) is 0 Å². The summed E-state index contributed by atoms with van der Waals surface area (Å²) >= 11 is 0. The van der Waals surface area contributed by atoms with E-state index in [0.717, 1.165) is 17.1 Å². The van der Waals surface area contributed by atoms with E-state index < -0.39 is 0 Å². The Morgan fingerprint density at radius 1 is 1.07 bits per heavy atom. The van der Waals surface area contributed by atoms with Crippen LogP contribution in [0.1, 0.15) is 32.8 Å². The summed E-state index contributed by atoms with van der Waals surface area (Å²) in [7, 11) is 0. The Morgan fingerprint density at radius 3 is 2.21 bits per heavy atom. The normalized spacial score (nSPS) is 10.4. The van der Waals surface area contributed by atoms with Crippen molar-refractivity contribution < 1.29 is 9.53 Å². The van der Waals surface area contributed by atoms with Crippen LogP contribution >= 0.6 is 0 Å². The van der Waals surface area contributed by atoms with Gasteiger partial charge in [0.2, 0.25) is 5.91 Å². The maximum absolute atomic E-state index is 13.2. The lowest BCUT2D eigenvalue weighted by Gasteiger charge is -2.31. The fourth-order valence-electron chi connectivity index (χ4n) is 2.99. The quantitative estimate of drug-likeness (QED) is 0.641. The molecule has 2 rings (SSSR count). The summed E-state index contributed by atoms with van der Waals surface area (Å²) in [6, 6.07) is 17.9. The van der Waals surface area contributed by atoms with Gasteiger partial charge in [-0.1, -0.05) is 17.7 Å². The number of amides is 1. The molecule has 2 aromatic rings. The van der Waals surface area contributed by atoms with Gasteiger partial charge in [0.1, 0.15) is 5.75 Å². The highest BCUT2D eigenvalue weighted by Gasteiger charge is 2.21. The first kappa shape index (κ1) is 21.3. The van der Waals surface area contributed by atoms with E-state index in [1.807, 2.05) is 50.2 Å². The van der Waals surface area contributed by atoms with Crippen LogP contribution in [0, 0.1) is 18.3 Å². The summed E-state index contributed by atoms with van der Waals surface area (Å²) < 4.78 is 5.48. The van der Waals surface area contributed by atoms with Crippen molar-refractivity contribution in [3.05, 3.63) is 54.1 Å². The summed E-state index contributed by atoms with van der Waals surface area (Å²) in [5.41, 5.74) is 2.97. The molecule has 0 spiro atoms. The first-order valence-corrected chi connectivity index (χ1v) is 9.69. The van der Waals surface area contributed by atoms with Crippen molar-refractivity contribution in [3.63, 3.8) is 0 Å². The maximum Gasteiger partial charge on any atom is 0.246 e. The Hall–Kier alpha value is -3.00. The predicted octanol–water partition coefficient (Wildman–Crippen LogP) is 4.56. The minimum absolute atomic E-state index is 0.0336. The molecule has 5 nitrogen and oxygen atoms in total. The molecule has 0 saturated heterocycles. The van der Waals surface area contributed by atoms with Crippen LogP contribution < -0.4 is 14.5 Å². The lowest BCUT2D eigenvalue weighted by molar-refractivity contribution is -0.117. The second-order valence-electron chi connectivity index (χ2n) is 6.94. The van der Waals surface area contributed by atoms with Gasteiger partial charge in [-0.25, -0.2) is 0 Å². The molecule has 0 aliphatic rings. The van der Waals surface area contributed by atoms with E-state index >= 15 is 0 Å². The minimum Gasteiger partial charge on any atom is -0.494 e. The molecule has 0 aromatic heterocycles. The van der Waals surface area contributed by atoms with Crippen molar-refractivity contribution in [1.29, 1.82) is 5.26 Å². The largest absolute Gasteiger partial charge is 0.494 e. The fourth-order valence-corrected chi connectivity index (χ4v) is 2.99. The molecule has 0 unspecified atom stereocenters. The van der Waals surface area contributed by atoms with Crippen LogP contribution in [0.4, 0.5) is 11.4 Å². The van der Waals surface area contributed by atoms with Gasteiger partial charge in [0.25, 0.3) is 0 Å². The summed E-state index contributed by atoms with van der Waals surface area (Å²) in [4.78, 5) is 16.9. The van der Waals surface area contributed by atoms with Crippen molar-refractivity contribution >= 4 is 17.3 Å². The predicted molar refractivity (Wildman–Crippen MR) is 114 cm³/mol. The Kier molecular flexibility index (Phi) is 7.88. The lowest BCUT2D eigenvalue weighted by Crippen LogP contribution is -2.43. The number of aryl methyl sites for hydroxylation is 1. The Labute approximate surface area is 168 Å². The van der Waals surface area contributed by atoms with E-state index in [0.29, 0.717) is 13.2 Å². The van der Waals surface area contributed by atoms with Gasteiger partial charge in [-0.05, 0) is 64.1 Å². The maximum atomic E-state index is 13.2. The van der Waals surface area contributed by atoms with Gasteiger partial charge in [0.15, 0.2) is 0 Å². The van der Waals surface area contributed by atoms with E-state index in [-0.39, 0.29) is 24.9 Å². The van der Waals surface area contributed by atoms with Gasteiger partial charge in [0.05, 0.1) is 25.6 Å². The molecule has 0 N–H and O–H groups in total. The van der Waals surface area contributed by atoms with E-state index in [1.165, 1.54) is 5.56 Å². The standard InChI is InChI=1S/C23H29N3O2/c1-5-28-22-13-11-20(12-14-22)25(16-6-15-24)23(27)17-26(18(2)3)21-9-7-19(4)8-10-21/h7-14,18H,5-6,16-17H2,1-4H3. The van der Waals surface area contributed by atoms with Crippen molar-refractivity contribution in [2.24, 2.45) is 0 Å². The fraction of sp³-hybridized carbons (Fsp3) is 0.391. The first-order chi connectivity index (χ1) is 13.5. The molecular weight excluding hydrogens is 350 g/mol. The van der Waals surface area contributed by atoms with Crippen molar-refractivity contribution in [2.45, 2.75) is 40.2 Å². The topological polar surface area (TPSA) is 56.6 Å². The molecule has 0 atom stereocenters. The van der Waals surface area contributed by atoms with Gasteiger partial charge in [-0.15, -0.1) is 0 Å². The number of carbonyl (C=O) groups is 1. The molecule has 0 saturated carbocycles. The number of hydrogen-bond donors (Lipinski definition) is 0. The number of ether oxygens (including phenoxy) is 1. The molecule has 0 radical (unpaired) electrons. The first-order valence-electron chi connectivity index (χ1n) is 9.69. The van der Waals surface area contributed by atoms with Crippen LogP contribution in [0.15, 0.2) is 48.5 Å². The van der Waals surface area contributed by atoms with E-state index in [1.54, 1.807) is 4.90 Å². The zero-order chi connectivity index (χ0) is 20.5. The molecular formula is C23H29N3O2. The summed E-state index contributed by atoms with van der Waals surface area (Å²) in [6.45, 7) is 9.33. The third-order valence-electron chi connectivity index (χ3n) is 4.50. The van der Waals surface area contributed by atoms with Crippen LogP contribution in [0.3, 0.4) is 0 Å².